The average Bonchev–Trinajstić information content (AvgIpc) is 3.32. The normalized spacial score (nSPS) is 10.8. The number of hydrogen-bond donors (Lipinski definition) is 2. The second-order valence-corrected chi connectivity index (χ2v) is 7.56. The molecule has 7 nitrogen and oxygen atoms in total. The van der Waals surface area contributed by atoms with Crippen LogP contribution in [0.15, 0.2) is 45.5 Å². The first-order chi connectivity index (χ1) is 13.5. The molecule has 2 amide bonds. The summed E-state index contributed by atoms with van der Waals surface area (Å²) in [7, 11) is 0. The van der Waals surface area contributed by atoms with Gasteiger partial charge >= 0.3 is 0 Å². The summed E-state index contributed by atoms with van der Waals surface area (Å²) < 4.78 is 5.57. The van der Waals surface area contributed by atoms with Crippen molar-refractivity contribution in [3.05, 3.63) is 47.0 Å². The van der Waals surface area contributed by atoms with Crippen LogP contribution in [0.25, 0.3) is 11.5 Å². The molecule has 1 aromatic carbocycles. The second kappa shape index (κ2) is 9.27. The lowest BCUT2D eigenvalue weighted by Crippen LogP contribution is -2.14. The van der Waals surface area contributed by atoms with Gasteiger partial charge in [-0.2, -0.15) is 11.3 Å². The zero-order chi connectivity index (χ0) is 19.9. The molecular weight excluding hydrogens is 376 g/mol. The first-order valence-electron chi connectivity index (χ1n) is 9.04. The van der Waals surface area contributed by atoms with Gasteiger partial charge in [-0.15, -0.1) is 10.2 Å². The summed E-state index contributed by atoms with van der Waals surface area (Å²) in [5.41, 5.74) is 2.25. The third kappa shape index (κ3) is 5.75. The summed E-state index contributed by atoms with van der Waals surface area (Å²) in [6.07, 6.45) is 1.08. The fourth-order valence-corrected chi connectivity index (χ4v) is 3.15. The van der Waals surface area contributed by atoms with Crippen LogP contribution in [0.2, 0.25) is 0 Å². The van der Waals surface area contributed by atoms with Crippen molar-refractivity contribution in [1.29, 1.82) is 0 Å². The molecule has 3 aromatic rings. The van der Waals surface area contributed by atoms with Crippen molar-refractivity contribution in [2.75, 3.05) is 10.6 Å². The number of carbonyl (C=O) groups is 2. The lowest BCUT2D eigenvalue weighted by Gasteiger charge is -2.09. The molecule has 0 saturated carbocycles. The highest BCUT2D eigenvalue weighted by Crippen LogP contribution is 2.21. The van der Waals surface area contributed by atoms with Crippen LogP contribution in [0.1, 0.15) is 32.6 Å². The van der Waals surface area contributed by atoms with E-state index in [1.165, 1.54) is 0 Å². The number of rotatable bonds is 8. The van der Waals surface area contributed by atoms with Crippen LogP contribution in [0, 0.1) is 5.92 Å². The van der Waals surface area contributed by atoms with E-state index in [2.05, 4.69) is 20.8 Å². The van der Waals surface area contributed by atoms with Gasteiger partial charge in [0.05, 0.1) is 0 Å². The molecule has 0 radical (unpaired) electrons. The summed E-state index contributed by atoms with van der Waals surface area (Å²) in [6, 6.07) is 8.94. The van der Waals surface area contributed by atoms with Crippen LogP contribution in [0.5, 0.6) is 0 Å². The number of hydrogen-bond acceptors (Lipinski definition) is 6. The molecule has 3 rings (SSSR count). The summed E-state index contributed by atoms with van der Waals surface area (Å²) in [6.45, 7) is 3.99. The molecule has 0 aliphatic carbocycles. The van der Waals surface area contributed by atoms with Gasteiger partial charge in [0.1, 0.15) is 0 Å². The Hall–Kier alpha value is -3.00. The molecule has 2 aromatic heterocycles. The molecule has 28 heavy (non-hydrogen) atoms. The van der Waals surface area contributed by atoms with Gasteiger partial charge in [0, 0.05) is 41.6 Å². The lowest BCUT2D eigenvalue weighted by molar-refractivity contribution is -0.117. The lowest BCUT2D eigenvalue weighted by atomic mass is 10.1. The van der Waals surface area contributed by atoms with E-state index in [4.69, 9.17) is 4.42 Å². The Balaban J connectivity index is 1.46. The summed E-state index contributed by atoms with van der Waals surface area (Å²) >= 11 is 1.55. The van der Waals surface area contributed by atoms with Crippen LogP contribution in [-0.2, 0) is 16.0 Å². The first kappa shape index (κ1) is 19.8. The van der Waals surface area contributed by atoms with Crippen LogP contribution in [0.3, 0.4) is 0 Å². The average molecular weight is 398 g/mol. The molecule has 0 saturated heterocycles. The predicted molar refractivity (Wildman–Crippen MR) is 109 cm³/mol. The van der Waals surface area contributed by atoms with Crippen LogP contribution >= 0.6 is 11.3 Å². The molecular formula is C20H22N4O3S. The molecule has 0 aliphatic heterocycles. The Labute approximate surface area is 167 Å². The van der Waals surface area contributed by atoms with Crippen LogP contribution in [-0.4, -0.2) is 22.0 Å². The van der Waals surface area contributed by atoms with Crippen LogP contribution < -0.4 is 10.6 Å². The fraction of sp³-hybridized carbons (Fsp3) is 0.300. The third-order valence-electron chi connectivity index (χ3n) is 3.85. The monoisotopic (exact) mass is 398 g/mol. The van der Waals surface area contributed by atoms with E-state index in [-0.39, 0.29) is 18.2 Å². The minimum absolute atomic E-state index is 0.0202. The van der Waals surface area contributed by atoms with E-state index in [1.807, 2.05) is 30.7 Å². The van der Waals surface area contributed by atoms with E-state index in [9.17, 15) is 9.59 Å². The number of thiophene rings is 1. The highest BCUT2D eigenvalue weighted by Gasteiger charge is 2.11. The zero-order valence-corrected chi connectivity index (χ0v) is 16.6. The molecule has 0 aliphatic rings. The minimum atomic E-state index is -0.146. The number of aryl methyl sites for hydroxylation is 1. The number of amides is 2. The summed E-state index contributed by atoms with van der Waals surface area (Å²) in [5.74, 6) is 1.03. The van der Waals surface area contributed by atoms with Gasteiger partial charge in [-0.1, -0.05) is 13.8 Å². The predicted octanol–water partition coefficient (Wildman–Crippen LogP) is 4.35. The molecule has 0 spiro atoms. The quantitative estimate of drug-likeness (QED) is 0.588. The number of aromatic nitrogens is 2. The van der Waals surface area contributed by atoms with Crippen molar-refractivity contribution in [1.82, 2.24) is 10.2 Å². The Morgan fingerprint density at radius 2 is 1.71 bits per heavy atom. The molecule has 8 heteroatoms. The second-order valence-electron chi connectivity index (χ2n) is 6.78. The minimum Gasteiger partial charge on any atom is -0.421 e. The molecule has 2 N–H and O–H groups in total. The van der Waals surface area contributed by atoms with Crippen molar-refractivity contribution >= 4 is 34.5 Å². The van der Waals surface area contributed by atoms with E-state index >= 15 is 0 Å². The molecule has 0 fully saturated rings. The maximum Gasteiger partial charge on any atom is 0.248 e. The number of nitrogens with zero attached hydrogens (tertiary/aromatic N) is 2. The smallest absolute Gasteiger partial charge is 0.248 e. The zero-order valence-electron chi connectivity index (χ0n) is 15.8. The SMILES string of the molecule is CC(C)CC(=O)Nc1ccc(NC(=O)CCc2nnc(-c3ccsc3)o2)cc1. The largest absolute Gasteiger partial charge is 0.421 e. The van der Waals surface area contributed by atoms with Gasteiger partial charge in [-0.3, -0.25) is 9.59 Å². The molecule has 0 atom stereocenters. The van der Waals surface area contributed by atoms with Crippen molar-refractivity contribution in [3.8, 4) is 11.5 Å². The number of anilines is 2. The fourth-order valence-electron chi connectivity index (χ4n) is 2.52. The highest BCUT2D eigenvalue weighted by molar-refractivity contribution is 7.08. The topological polar surface area (TPSA) is 97.1 Å². The van der Waals surface area contributed by atoms with E-state index < -0.39 is 0 Å². The van der Waals surface area contributed by atoms with E-state index in [0.29, 0.717) is 41.9 Å². The van der Waals surface area contributed by atoms with Crippen molar-refractivity contribution < 1.29 is 14.0 Å². The van der Waals surface area contributed by atoms with Gasteiger partial charge in [0.2, 0.25) is 23.6 Å². The van der Waals surface area contributed by atoms with Crippen molar-refractivity contribution in [3.63, 3.8) is 0 Å². The van der Waals surface area contributed by atoms with Gasteiger partial charge in [0.15, 0.2) is 0 Å². The van der Waals surface area contributed by atoms with E-state index in [1.54, 1.807) is 35.6 Å². The maximum atomic E-state index is 12.1. The van der Waals surface area contributed by atoms with Crippen LogP contribution in [0.4, 0.5) is 11.4 Å². The Morgan fingerprint density at radius 3 is 2.32 bits per heavy atom. The van der Waals surface area contributed by atoms with Gasteiger partial charge < -0.3 is 15.1 Å². The molecule has 0 bridgehead atoms. The number of carbonyl (C=O) groups excluding carboxylic acids is 2. The van der Waals surface area contributed by atoms with Gasteiger partial charge in [-0.05, 0) is 41.6 Å². The molecule has 146 valence electrons. The number of nitrogens with one attached hydrogen (secondary N) is 2. The van der Waals surface area contributed by atoms with Crippen molar-refractivity contribution in [2.24, 2.45) is 5.92 Å². The standard InChI is InChI=1S/C20H22N4O3S/c1-13(2)11-18(26)22-16-5-3-15(4-6-16)21-17(25)7-8-19-23-24-20(27-19)14-9-10-28-12-14/h3-6,9-10,12-13H,7-8,11H2,1-2H3,(H,21,25)(H,22,26). The summed E-state index contributed by atoms with van der Waals surface area (Å²) in [5, 5.41) is 17.5. The third-order valence-corrected chi connectivity index (χ3v) is 4.53. The van der Waals surface area contributed by atoms with E-state index in [0.717, 1.165) is 5.56 Å². The molecule has 2 heterocycles. The Bertz CT molecular complexity index is 917. The maximum absolute atomic E-state index is 12.1. The Kier molecular flexibility index (Phi) is 6.54. The molecule has 0 unspecified atom stereocenters. The number of benzene rings is 1. The van der Waals surface area contributed by atoms with Gasteiger partial charge in [0.25, 0.3) is 0 Å². The highest BCUT2D eigenvalue weighted by atomic mass is 32.1. The Morgan fingerprint density at radius 1 is 1.04 bits per heavy atom. The van der Waals surface area contributed by atoms with Crippen molar-refractivity contribution in [2.45, 2.75) is 33.1 Å². The first-order valence-corrected chi connectivity index (χ1v) is 9.98. The summed E-state index contributed by atoms with van der Waals surface area (Å²) in [4.78, 5) is 23.9. The van der Waals surface area contributed by atoms with Gasteiger partial charge in [-0.25, -0.2) is 0 Å².